The lowest BCUT2D eigenvalue weighted by Crippen LogP contribution is -2.43. The van der Waals surface area contributed by atoms with Gasteiger partial charge in [0.1, 0.15) is 11.4 Å². The number of hydrazine groups is 1. The molecule has 2 amide bonds. The summed E-state index contributed by atoms with van der Waals surface area (Å²) in [6.45, 7) is 3.47. The maximum Gasteiger partial charge on any atom is 0.287 e. The van der Waals surface area contributed by atoms with E-state index in [1.54, 1.807) is 27.0 Å². The normalized spacial score (nSPS) is 10.4. The summed E-state index contributed by atoms with van der Waals surface area (Å²) in [5.74, 6) is -0.185. The van der Waals surface area contributed by atoms with Gasteiger partial charge in [-0.25, -0.2) is 0 Å². The van der Waals surface area contributed by atoms with Gasteiger partial charge in [0.15, 0.2) is 0 Å². The summed E-state index contributed by atoms with van der Waals surface area (Å²) in [4.78, 5) is 23.3. The summed E-state index contributed by atoms with van der Waals surface area (Å²) < 4.78 is 5.09. The SMILES string of the molecule is COc1ccc(-c2cc(C(=O)NNC(=O)C(C)C)[nH]n2)cc1. The second-order valence-electron chi connectivity index (χ2n) is 4.99. The highest BCUT2D eigenvalue weighted by atomic mass is 16.5. The fraction of sp³-hybridized carbons (Fsp3) is 0.267. The minimum absolute atomic E-state index is 0.211. The van der Waals surface area contributed by atoms with E-state index in [1.807, 2.05) is 24.3 Å². The number of ether oxygens (including phenoxy) is 1. The predicted octanol–water partition coefficient (Wildman–Crippen LogP) is 1.50. The number of carbonyl (C=O) groups excluding carboxylic acids is 2. The van der Waals surface area contributed by atoms with Crippen LogP contribution in [0, 0.1) is 5.92 Å². The van der Waals surface area contributed by atoms with Crippen LogP contribution in [0.1, 0.15) is 24.3 Å². The Kier molecular flexibility index (Phi) is 4.77. The number of hydrogen-bond donors (Lipinski definition) is 3. The second-order valence-corrected chi connectivity index (χ2v) is 4.99. The largest absolute Gasteiger partial charge is 0.497 e. The van der Waals surface area contributed by atoms with Gasteiger partial charge in [-0.1, -0.05) is 13.8 Å². The maximum absolute atomic E-state index is 11.9. The van der Waals surface area contributed by atoms with Crippen LogP contribution in [0.5, 0.6) is 5.75 Å². The molecule has 1 heterocycles. The van der Waals surface area contributed by atoms with Crippen molar-refractivity contribution in [3.63, 3.8) is 0 Å². The molecule has 0 aliphatic rings. The van der Waals surface area contributed by atoms with Gasteiger partial charge >= 0.3 is 0 Å². The van der Waals surface area contributed by atoms with Crippen LogP contribution in [-0.2, 0) is 4.79 Å². The van der Waals surface area contributed by atoms with Crippen LogP contribution in [0.4, 0.5) is 0 Å². The molecule has 7 nitrogen and oxygen atoms in total. The van der Waals surface area contributed by atoms with Crippen molar-refractivity contribution in [3.8, 4) is 17.0 Å². The molecule has 116 valence electrons. The van der Waals surface area contributed by atoms with Crippen molar-refractivity contribution in [2.24, 2.45) is 5.92 Å². The number of carbonyl (C=O) groups is 2. The fourth-order valence-corrected chi connectivity index (χ4v) is 1.68. The monoisotopic (exact) mass is 302 g/mol. The van der Waals surface area contributed by atoms with E-state index in [0.717, 1.165) is 11.3 Å². The minimum Gasteiger partial charge on any atom is -0.497 e. The highest BCUT2D eigenvalue weighted by Crippen LogP contribution is 2.20. The van der Waals surface area contributed by atoms with Crippen LogP contribution >= 0.6 is 0 Å². The van der Waals surface area contributed by atoms with E-state index in [1.165, 1.54) is 0 Å². The van der Waals surface area contributed by atoms with E-state index >= 15 is 0 Å². The van der Waals surface area contributed by atoms with Crippen LogP contribution in [0.25, 0.3) is 11.3 Å². The first kappa shape index (κ1) is 15.6. The quantitative estimate of drug-likeness (QED) is 0.746. The number of nitrogens with zero attached hydrogens (tertiary/aromatic N) is 1. The van der Waals surface area contributed by atoms with Crippen molar-refractivity contribution in [1.29, 1.82) is 0 Å². The molecule has 1 aromatic carbocycles. The van der Waals surface area contributed by atoms with E-state index in [2.05, 4.69) is 21.0 Å². The molecule has 0 radical (unpaired) electrons. The van der Waals surface area contributed by atoms with E-state index in [0.29, 0.717) is 5.69 Å². The van der Waals surface area contributed by atoms with Crippen molar-refractivity contribution in [2.75, 3.05) is 7.11 Å². The average Bonchev–Trinajstić information content (AvgIpc) is 3.02. The highest BCUT2D eigenvalue weighted by Gasteiger charge is 2.13. The Bertz CT molecular complexity index is 662. The van der Waals surface area contributed by atoms with Crippen LogP contribution in [0.15, 0.2) is 30.3 Å². The molecule has 0 bridgehead atoms. The van der Waals surface area contributed by atoms with Gasteiger partial charge in [0.05, 0.1) is 12.8 Å². The predicted molar refractivity (Wildman–Crippen MR) is 81.0 cm³/mol. The average molecular weight is 302 g/mol. The van der Waals surface area contributed by atoms with Gasteiger partial charge in [0.2, 0.25) is 5.91 Å². The summed E-state index contributed by atoms with van der Waals surface area (Å²) in [6.07, 6.45) is 0. The summed E-state index contributed by atoms with van der Waals surface area (Å²) in [5.41, 5.74) is 6.41. The molecule has 7 heteroatoms. The lowest BCUT2D eigenvalue weighted by atomic mass is 10.1. The van der Waals surface area contributed by atoms with Crippen molar-refractivity contribution in [2.45, 2.75) is 13.8 Å². The Labute approximate surface area is 128 Å². The molecule has 3 N–H and O–H groups in total. The van der Waals surface area contributed by atoms with Gasteiger partial charge in [-0.2, -0.15) is 5.10 Å². The Morgan fingerprint density at radius 1 is 1.18 bits per heavy atom. The lowest BCUT2D eigenvalue weighted by Gasteiger charge is -2.07. The number of rotatable bonds is 4. The van der Waals surface area contributed by atoms with Crippen molar-refractivity contribution >= 4 is 11.8 Å². The van der Waals surface area contributed by atoms with Gasteiger partial charge in [-0.05, 0) is 30.3 Å². The summed E-state index contributed by atoms with van der Waals surface area (Å²) in [6, 6.07) is 8.92. The summed E-state index contributed by atoms with van der Waals surface area (Å²) >= 11 is 0. The molecule has 0 fully saturated rings. The van der Waals surface area contributed by atoms with Crippen molar-refractivity contribution < 1.29 is 14.3 Å². The molecule has 0 atom stereocenters. The number of benzene rings is 1. The smallest absolute Gasteiger partial charge is 0.287 e. The zero-order chi connectivity index (χ0) is 16.1. The number of amides is 2. The topological polar surface area (TPSA) is 96.1 Å². The number of H-pyrrole nitrogens is 1. The Hall–Kier alpha value is -2.83. The molecule has 2 rings (SSSR count). The molecular formula is C15H18N4O3. The molecule has 0 aliphatic heterocycles. The minimum atomic E-state index is -0.457. The molecule has 2 aromatic rings. The van der Waals surface area contributed by atoms with E-state index in [-0.39, 0.29) is 17.5 Å². The highest BCUT2D eigenvalue weighted by molar-refractivity contribution is 5.94. The van der Waals surface area contributed by atoms with Crippen LogP contribution in [-0.4, -0.2) is 29.1 Å². The summed E-state index contributed by atoms with van der Waals surface area (Å²) in [7, 11) is 1.59. The van der Waals surface area contributed by atoms with Crippen molar-refractivity contribution in [1.82, 2.24) is 21.0 Å². The Morgan fingerprint density at radius 3 is 2.45 bits per heavy atom. The van der Waals surface area contributed by atoms with Gasteiger partial charge in [0, 0.05) is 11.5 Å². The standard InChI is InChI=1S/C15H18N4O3/c1-9(2)14(20)18-19-15(21)13-8-12(16-17-13)10-4-6-11(22-3)7-5-10/h4-9H,1-3H3,(H,16,17)(H,18,20)(H,19,21). The van der Waals surface area contributed by atoms with E-state index in [4.69, 9.17) is 4.74 Å². The Balaban J connectivity index is 2.03. The number of aromatic amines is 1. The number of methoxy groups -OCH3 is 1. The first-order valence-electron chi connectivity index (χ1n) is 6.81. The number of aromatic nitrogens is 2. The molecule has 0 saturated heterocycles. The third-order valence-corrected chi connectivity index (χ3v) is 3.03. The number of nitrogens with one attached hydrogen (secondary N) is 3. The molecule has 0 saturated carbocycles. The zero-order valence-electron chi connectivity index (χ0n) is 12.6. The van der Waals surface area contributed by atoms with Crippen LogP contribution in [0.2, 0.25) is 0 Å². The van der Waals surface area contributed by atoms with E-state index < -0.39 is 5.91 Å². The lowest BCUT2D eigenvalue weighted by molar-refractivity contribution is -0.124. The Morgan fingerprint density at radius 2 is 1.86 bits per heavy atom. The van der Waals surface area contributed by atoms with Crippen LogP contribution in [0.3, 0.4) is 0 Å². The number of hydrogen-bond acceptors (Lipinski definition) is 4. The van der Waals surface area contributed by atoms with Crippen LogP contribution < -0.4 is 15.6 Å². The first-order chi connectivity index (χ1) is 10.5. The third kappa shape index (κ3) is 3.63. The van der Waals surface area contributed by atoms with Gasteiger partial charge in [0.25, 0.3) is 5.91 Å². The van der Waals surface area contributed by atoms with Gasteiger partial charge < -0.3 is 4.74 Å². The molecule has 0 unspecified atom stereocenters. The molecule has 0 spiro atoms. The van der Waals surface area contributed by atoms with E-state index in [9.17, 15) is 9.59 Å². The molecule has 1 aromatic heterocycles. The van der Waals surface area contributed by atoms with Gasteiger partial charge in [-0.15, -0.1) is 0 Å². The summed E-state index contributed by atoms with van der Waals surface area (Å²) in [5, 5.41) is 6.73. The second kappa shape index (κ2) is 6.75. The molecule has 22 heavy (non-hydrogen) atoms. The van der Waals surface area contributed by atoms with Gasteiger partial charge in [-0.3, -0.25) is 25.5 Å². The third-order valence-electron chi connectivity index (χ3n) is 3.03. The zero-order valence-corrected chi connectivity index (χ0v) is 12.6. The fourth-order valence-electron chi connectivity index (χ4n) is 1.68. The van der Waals surface area contributed by atoms with Crippen molar-refractivity contribution in [3.05, 3.63) is 36.0 Å². The molecule has 0 aliphatic carbocycles. The molecular weight excluding hydrogens is 284 g/mol. The first-order valence-corrected chi connectivity index (χ1v) is 6.81. The maximum atomic E-state index is 11.9.